The lowest BCUT2D eigenvalue weighted by molar-refractivity contribution is -0.128. The number of rotatable bonds is 0. The molecule has 1 aromatic rings. The molecule has 4 heteroatoms. The molecule has 110 valence electrons. The summed E-state index contributed by atoms with van der Waals surface area (Å²) in [5.74, 6) is -0.169. The summed E-state index contributed by atoms with van der Waals surface area (Å²) < 4.78 is 0. The van der Waals surface area contributed by atoms with E-state index in [1.807, 2.05) is 39.0 Å². The molecule has 4 nitrogen and oxygen atoms in total. The van der Waals surface area contributed by atoms with Crippen molar-refractivity contribution in [1.82, 2.24) is 10.2 Å². The van der Waals surface area contributed by atoms with Gasteiger partial charge in [0, 0.05) is 17.7 Å². The predicted octanol–water partition coefficient (Wildman–Crippen LogP) is 1.96. The molecule has 2 heterocycles. The van der Waals surface area contributed by atoms with E-state index in [1.165, 1.54) is 5.56 Å². The minimum absolute atomic E-state index is 0.0351. The summed E-state index contributed by atoms with van der Waals surface area (Å²) in [5.41, 5.74) is 3.38. The summed E-state index contributed by atoms with van der Waals surface area (Å²) >= 11 is 0. The van der Waals surface area contributed by atoms with E-state index in [0.717, 1.165) is 17.7 Å². The second kappa shape index (κ2) is 4.72. The Morgan fingerprint density at radius 3 is 2.57 bits per heavy atom. The first kappa shape index (κ1) is 13.9. The quantitative estimate of drug-likeness (QED) is 0.791. The molecule has 0 fully saturated rings. The molecular weight excluding hydrogens is 264 g/mol. The molecule has 0 atom stereocenters. The minimum Gasteiger partial charge on any atom is -0.343 e. The van der Waals surface area contributed by atoms with Gasteiger partial charge in [-0.25, -0.2) is 0 Å². The van der Waals surface area contributed by atoms with Crippen LogP contribution in [-0.4, -0.2) is 29.8 Å². The zero-order chi connectivity index (χ0) is 15.2. The van der Waals surface area contributed by atoms with Gasteiger partial charge in [-0.3, -0.25) is 9.59 Å². The Hall–Kier alpha value is -2.10. The molecule has 0 radical (unpaired) electrons. The predicted molar refractivity (Wildman–Crippen MR) is 81.2 cm³/mol. The second-order valence-corrected chi connectivity index (χ2v) is 6.61. The van der Waals surface area contributed by atoms with Crippen molar-refractivity contribution in [2.45, 2.75) is 27.2 Å². The first-order valence-corrected chi connectivity index (χ1v) is 7.31. The average molecular weight is 284 g/mol. The maximum absolute atomic E-state index is 12.5. The molecule has 3 rings (SSSR count). The van der Waals surface area contributed by atoms with Gasteiger partial charge in [-0.2, -0.15) is 0 Å². The van der Waals surface area contributed by atoms with Gasteiger partial charge in [0.15, 0.2) is 0 Å². The zero-order valence-corrected chi connectivity index (χ0v) is 12.7. The molecule has 0 saturated carbocycles. The van der Waals surface area contributed by atoms with Crippen LogP contribution >= 0.6 is 0 Å². The van der Waals surface area contributed by atoms with Crippen LogP contribution in [0.25, 0.3) is 5.70 Å². The van der Waals surface area contributed by atoms with Gasteiger partial charge in [-0.15, -0.1) is 0 Å². The smallest absolute Gasteiger partial charge is 0.250 e. The van der Waals surface area contributed by atoms with Crippen molar-refractivity contribution in [2.24, 2.45) is 5.41 Å². The SMILES string of the molecule is CC(C)(C)C1=C2c3ccccc3CCN2C(=O)CNC1=O. The third-order valence-corrected chi connectivity index (χ3v) is 4.06. The molecule has 0 unspecified atom stereocenters. The fraction of sp³-hybridized carbons (Fsp3) is 0.412. The van der Waals surface area contributed by atoms with E-state index in [1.54, 1.807) is 4.90 Å². The molecule has 0 aliphatic carbocycles. The summed E-state index contributed by atoms with van der Waals surface area (Å²) in [7, 11) is 0. The topological polar surface area (TPSA) is 49.4 Å². The van der Waals surface area contributed by atoms with Crippen LogP contribution in [0.5, 0.6) is 0 Å². The van der Waals surface area contributed by atoms with Gasteiger partial charge in [0.25, 0.3) is 0 Å². The Morgan fingerprint density at radius 2 is 1.86 bits per heavy atom. The number of amides is 2. The summed E-state index contributed by atoms with van der Waals surface area (Å²) in [6.45, 7) is 6.75. The van der Waals surface area contributed by atoms with Crippen molar-refractivity contribution in [2.75, 3.05) is 13.1 Å². The normalized spacial score (nSPS) is 18.9. The van der Waals surface area contributed by atoms with E-state index in [-0.39, 0.29) is 23.8 Å². The lowest BCUT2D eigenvalue weighted by atomic mass is 9.81. The highest BCUT2D eigenvalue weighted by Crippen LogP contribution is 2.39. The number of fused-ring (bicyclic) bond motifs is 3. The molecule has 0 spiro atoms. The number of benzene rings is 1. The van der Waals surface area contributed by atoms with E-state index >= 15 is 0 Å². The van der Waals surface area contributed by atoms with Gasteiger partial charge in [0.1, 0.15) is 0 Å². The number of carbonyl (C=O) groups excluding carboxylic acids is 2. The molecule has 0 bridgehead atoms. The van der Waals surface area contributed by atoms with Gasteiger partial charge >= 0.3 is 0 Å². The van der Waals surface area contributed by atoms with Gasteiger partial charge in [-0.05, 0) is 17.4 Å². The maximum atomic E-state index is 12.5. The van der Waals surface area contributed by atoms with E-state index in [4.69, 9.17) is 0 Å². The van der Waals surface area contributed by atoms with E-state index < -0.39 is 0 Å². The minimum atomic E-state index is -0.327. The Bertz CT molecular complexity index is 653. The highest BCUT2D eigenvalue weighted by Gasteiger charge is 2.37. The molecule has 2 aliphatic rings. The average Bonchev–Trinajstić information content (AvgIpc) is 2.56. The molecule has 2 aliphatic heterocycles. The van der Waals surface area contributed by atoms with Gasteiger partial charge < -0.3 is 10.2 Å². The maximum Gasteiger partial charge on any atom is 0.250 e. The monoisotopic (exact) mass is 284 g/mol. The molecule has 1 aromatic carbocycles. The number of carbonyl (C=O) groups is 2. The third kappa shape index (κ3) is 2.24. The molecule has 2 amide bonds. The Kier molecular flexibility index (Phi) is 3.12. The Balaban J connectivity index is 2.33. The van der Waals surface area contributed by atoms with Crippen LogP contribution in [0.15, 0.2) is 29.8 Å². The zero-order valence-electron chi connectivity index (χ0n) is 12.7. The van der Waals surface area contributed by atoms with E-state index in [9.17, 15) is 9.59 Å². The lowest BCUT2D eigenvalue weighted by Crippen LogP contribution is -2.38. The summed E-state index contributed by atoms with van der Waals surface area (Å²) in [6, 6.07) is 8.05. The van der Waals surface area contributed by atoms with Gasteiger partial charge in [0.2, 0.25) is 11.8 Å². The van der Waals surface area contributed by atoms with Gasteiger partial charge in [-0.1, -0.05) is 45.0 Å². The summed E-state index contributed by atoms with van der Waals surface area (Å²) in [5, 5.41) is 2.75. The fourth-order valence-electron chi connectivity index (χ4n) is 3.12. The largest absolute Gasteiger partial charge is 0.343 e. The number of nitrogens with one attached hydrogen (secondary N) is 1. The third-order valence-electron chi connectivity index (χ3n) is 4.06. The van der Waals surface area contributed by atoms with E-state index in [0.29, 0.717) is 12.1 Å². The fourth-order valence-corrected chi connectivity index (χ4v) is 3.12. The van der Waals surface area contributed by atoms with Crippen LogP contribution in [0.3, 0.4) is 0 Å². The van der Waals surface area contributed by atoms with Crippen LogP contribution in [0.2, 0.25) is 0 Å². The highest BCUT2D eigenvalue weighted by atomic mass is 16.2. The Morgan fingerprint density at radius 1 is 1.14 bits per heavy atom. The van der Waals surface area contributed by atoms with Crippen molar-refractivity contribution in [3.05, 3.63) is 41.0 Å². The first-order chi connectivity index (χ1) is 9.89. The van der Waals surface area contributed by atoms with Crippen LogP contribution < -0.4 is 5.32 Å². The summed E-state index contributed by atoms with van der Waals surface area (Å²) in [6.07, 6.45) is 0.830. The number of hydrogen-bond acceptors (Lipinski definition) is 2. The summed E-state index contributed by atoms with van der Waals surface area (Å²) in [4.78, 5) is 26.7. The standard InChI is InChI=1S/C17H20N2O2/c1-17(2,3)14-15-12-7-5-4-6-11(12)8-9-19(15)13(20)10-18-16(14)21/h4-7H,8-10H2,1-3H3,(H,18,21). The molecule has 0 aromatic heterocycles. The number of nitrogens with zero attached hydrogens (tertiary/aromatic N) is 1. The van der Waals surface area contributed by atoms with Crippen molar-refractivity contribution < 1.29 is 9.59 Å². The number of hydrogen-bond donors (Lipinski definition) is 1. The van der Waals surface area contributed by atoms with E-state index in [2.05, 4.69) is 11.4 Å². The van der Waals surface area contributed by atoms with Crippen molar-refractivity contribution in [3.63, 3.8) is 0 Å². The van der Waals surface area contributed by atoms with Crippen LogP contribution in [-0.2, 0) is 16.0 Å². The van der Waals surface area contributed by atoms with Crippen molar-refractivity contribution in [3.8, 4) is 0 Å². The van der Waals surface area contributed by atoms with Crippen LogP contribution in [0.1, 0.15) is 31.9 Å². The van der Waals surface area contributed by atoms with Gasteiger partial charge in [0.05, 0.1) is 12.2 Å². The highest BCUT2D eigenvalue weighted by molar-refractivity contribution is 6.08. The molecule has 0 saturated heterocycles. The van der Waals surface area contributed by atoms with Crippen molar-refractivity contribution in [1.29, 1.82) is 0 Å². The second-order valence-electron chi connectivity index (χ2n) is 6.61. The van der Waals surface area contributed by atoms with Crippen LogP contribution in [0, 0.1) is 5.41 Å². The first-order valence-electron chi connectivity index (χ1n) is 7.31. The molecule has 1 N–H and O–H groups in total. The van der Waals surface area contributed by atoms with Crippen molar-refractivity contribution >= 4 is 17.5 Å². The molecular formula is C17H20N2O2. The lowest BCUT2D eigenvalue weighted by Gasteiger charge is -2.34. The Labute approximate surface area is 124 Å². The van der Waals surface area contributed by atoms with Crippen LogP contribution in [0.4, 0.5) is 0 Å². The molecule has 21 heavy (non-hydrogen) atoms.